The van der Waals surface area contributed by atoms with Gasteiger partial charge in [0.1, 0.15) is 25.3 Å². The molecule has 1 amide bonds. The zero-order valence-electron chi connectivity index (χ0n) is 17.6. The zero-order valence-corrected chi connectivity index (χ0v) is 19.4. The molecule has 9 heteroatoms. The van der Waals surface area contributed by atoms with E-state index in [1.807, 2.05) is 20.8 Å². The van der Waals surface area contributed by atoms with Crippen LogP contribution in [0.5, 0.6) is 0 Å². The molecule has 0 bridgehead atoms. The molecule has 0 radical (unpaired) electrons. The van der Waals surface area contributed by atoms with Crippen LogP contribution >= 0.6 is 0 Å². The van der Waals surface area contributed by atoms with Crippen LogP contribution in [0.2, 0.25) is 18.1 Å². The third kappa shape index (κ3) is 4.86. The Morgan fingerprint density at radius 2 is 1.69 bits per heavy atom. The van der Waals surface area contributed by atoms with Gasteiger partial charge in [0.05, 0.1) is 11.8 Å². The second kappa shape index (κ2) is 7.16. The fraction of sp³-hybridized carbons (Fsp3) is 0.941. The molecule has 1 aliphatic rings. The van der Waals surface area contributed by atoms with Gasteiger partial charge in [-0.05, 0) is 38.9 Å². The molecule has 1 unspecified atom stereocenters. The maximum atomic E-state index is 12.2. The van der Waals surface area contributed by atoms with Crippen LogP contribution in [0.1, 0.15) is 48.0 Å². The molecule has 1 heterocycles. The number of likely N-dealkylation sites (tertiary alicyclic amines) is 1. The predicted octanol–water partition coefficient (Wildman–Crippen LogP) is 2.08. The van der Waals surface area contributed by atoms with Crippen molar-refractivity contribution in [2.24, 2.45) is 0 Å². The molecule has 0 aromatic rings. The topological polar surface area (TPSA) is 92.7 Å². The summed E-state index contributed by atoms with van der Waals surface area (Å²) in [6.07, 6.45) is -0.106. The lowest BCUT2D eigenvalue weighted by molar-refractivity contribution is -0.931. The van der Waals surface area contributed by atoms with Crippen LogP contribution in [0.25, 0.3) is 0 Å². The fourth-order valence-electron chi connectivity index (χ4n) is 3.42. The number of rotatable bonds is 5. The molecule has 0 saturated carbocycles. The highest BCUT2D eigenvalue weighted by molar-refractivity contribution is 7.85. The lowest BCUT2D eigenvalue weighted by Gasteiger charge is -2.49. The van der Waals surface area contributed by atoms with Gasteiger partial charge in [0.15, 0.2) is 8.32 Å². The minimum absolute atomic E-state index is 0.00674. The van der Waals surface area contributed by atoms with Gasteiger partial charge in [-0.25, -0.2) is 0 Å². The minimum Gasteiger partial charge on any atom is -0.498 e. The molecule has 26 heavy (non-hydrogen) atoms. The Bertz CT molecular complexity index is 635. The van der Waals surface area contributed by atoms with Gasteiger partial charge in [0, 0.05) is 6.42 Å². The number of carboxylic acid groups (broad SMARTS) is 1. The molecule has 1 fully saturated rings. The molecule has 154 valence electrons. The Balaban J connectivity index is 3.22. The molecule has 7 nitrogen and oxygen atoms in total. The summed E-state index contributed by atoms with van der Waals surface area (Å²) in [6, 6.07) is -0.551. The van der Waals surface area contributed by atoms with Crippen LogP contribution in [0.15, 0.2) is 0 Å². The van der Waals surface area contributed by atoms with E-state index >= 15 is 0 Å². The van der Waals surface area contributed by atoms with Crippen molar-refractivity contribution in [1.82, 2.24) is 0 Å². The molecule has 0 aromatic heterocycles. The molecule has 1 saturated heterocycles. The van der Waals surface area contributed by atoms with Crippen molar-refractivity contribution in [3.63, 3.8) is 0 Å². The Hall–Kier alpha value is -0.483. The van der Waals surface area contributed by atoms with E-state index in [9.17, 15) is 18.3 Å². The summed E-state index contributed by atoms with van der Waals surface area (Å²) >= 11 is 0. The molecule has 1 aliphatic heterocycles. The van der Waals surface area contributed by atoms with Crippen molar-refractivity contribution < 1.29 is 31.4 Å². The summed E-state index contributed by atoms with van der Waals surface area (Å²) in [4.78, 5) is 12.2. The predicted molar refractivity (Wildman–Crippen MR) is 102 cm³/mol. The molecule has 0 aromatic carbocycles. The van der Waals surface area contributed by atoms with Crippen molar-refractivity contribution in [2.75, 3.05) is 19.4 Å². The van der Waals surface area contributed by atoms with Crippen LogP contribution in [0.3, 0.4) is 0 Å². The van der Waals surface area contributed by atoms with E-state index in [-0.39, 0.29) is 28.8 Å². The molecule has 1 rings (SSSR count). The van der Waals surface area contributed by atoms with E-state index in [0.29, 0.717) is 6.42 Å². The van der Waals surface area contributed by atoms with E-state index < -0.39 is 36.1 Å². The number of hydrogen-bond donors (Lipinski definition) is 0. The van der Waals surface area contributed by atoms with Gasteiger partial charge in [0.2, 0.25) is 0 Å². The first-order valence-corrected chi connectivity index (χ1v) is 13.7. The number of hydrogen-bond acceptors (Lipinski definition) is 6. The molecule has 0 spiro atoms. The first-order valence-electron chi connectivity index (χ1n) is 8.95. The van der Waals surface area contributed by atoms with Crippen molar-refractivity contribution in [1.29, 1.82) is 0 Å². The van der Waals surface area contributed by atoms with Crippen LogP contribution in [-0.4, -0.2) is 64.4 Å². The van der Waals surface area contributed by atoms with Gasteiger partial charge in [0.25, 0.3) is 16.2 Å². The highest BCUT2D eigenvalue weighted by Gasteiger charge is 2.57. The van der Waals surface area contributed by atoms with Crippen LogP contribution < -0.4 is 5.11 Å². The maximum Gasteiger partial charge on any atom is 0.264 e. The first-order chi connectivity index (χ1) is 11.3. The van der Waals surface area contributed by atoms with Crippen molar-refractivity contribution in [3.8, 4) is 0 Å². The summed E-state index contributed by atoms with van der Waals surface area (Å²) in [5.74, 6) is 0. The summed E-state index contributed by atoms with van der Waals surface area (Å²) in [6.45, 7) is 16.2. The Labute approximate surface area is 159 Å². The number of amides is 1. The molecule has 0 N–H and O–H groups in total. The van der Waals surface area contributed by atoms with Crippen LogP contribution in [0.4, 0.5) is 4.79 Å². The largest absolute Gasteiger partial charge is 0.498 e. The highest BCUT2D eigenvalue weighted by Crippen LogP contribution is 2.42. The van der Waals surface area contributed by atoms with Gasteiger partial charge in [-0.15, -0.1) is 0 Å². The van der Waals surface area contributed by atoms with E-state index in [1.165, 1.54) is 0 Å². The summed E-state index contributed by atoms with van der Waals surface area (Å²) in [5.41, 5.74) is -0.685. The van der Waals surface area contributed by atoms with Crippen molar-refractivity contribution in [2.45, 2.75) is 83.8 Å². The molecular formula is C17H35NO6SSi. The van der Waals surface area contributed by atoms with E-state index in [4.69, 9.17) is 8.61 Å². The SMILES string of the molecule is CC(C)(C)[N+]1(C(=O)[O-])C[C@@H](O[Si](C)(C)C(C)(C)C)C[C@@H]1COS(C)(=O)=O. The lowest BCUT2D eigenvalue weighted by Crippen LogP contribution is -2.71. The zero-order chi connectivity index (χ0) is 20.8. The Kier molecular flexibility index (Phi) is 6.49. The summed E-state index contributed by atoms with van der Waals surface area (Å²) in [5, 5.41) is 12.2. The number of carbonyl (C=O) groups is 1. The van der Waals surface area contributed by atoms with Gasteiger partial charge in [-0.3, -0.25) is 8.67 Å². The second-order valence-corrected chi connectivity index (χ2v) is 16.3. The summed E-state index contributed by atoms with van der Waals surface area (Å²) in [7, 11) is -5.76. The number of carbonyl (C=O) groups excluding carboxylic acids is 1. The standard InChI is InChI=1S/C17H35NO6SSi/c1-16(2,3)18(15(19)20)11-14(24-26(8,9)17(4,5)6)10-13(18)12-23-25(7,21)22/h13-14H,10-12H2,1-9H3/t13-,14+,18?/m1/s1. The first kappa shape index (κ1) is 23.6. The second-order valence-electron chi connectivity index (χ2n) is 9.87. The average Bonchev–Trinajstić information content (AvgIpc) is 2.72. The normalized spacial score (nSPS) is 28.3. The van der Waals surface area contributed by atoms with Gasteiger partial charge >= 0.3 is 0 Å². The highest BCUT2D eigenvalue weighted by atomic mass is 32.2. The Morgan fingerprint density at radius 3 is 2.04 bits per heavy atom. The fourth-order valence-corrected chi connectivity index (χ4v) is 5.19. The molecular weight excluding hydrogens is 374 g/mol. The Morgan fingerprint density at radius 1 is 1.19 bits per heavy atom. The maximum absolute atomic E-state index is 12.2. The lowest BCUT2D eigenvalue weighted by atomic mass is 10.00. The van der Waals surface area contributed by atoms with Crippen molar-refractivity contribution in [3.05, 3.63) is 0 Å². The number of nitrogens with zero attached hydrogens (tertiary/aromatic N) is 1. The van der Waals surface area contributed by atoms with Crippen molar-refractivity contribution >= 4 is 24.5 Å². The van der Waals surface area contributed by atoms with E-state index in [1.54, 1.807) is 0 Å². The monoisotopic (exact) mass is 409 g/mol. The third-order valence-corrected chi connectivity index (χ3v) is 11.0. The van der Waals surface area contributed by atoms with Crippen LogP contribution in [0, 0.1) is 0 Å². The van der Waals surface area contributed by atoms with Crippen LogP contribution in [-0.2, 0) is 18.7 Å². The minimum atomic E-state index is -3.66. The average molecular weight is 410 g/mol. The quantitative estimate of drug-likeness (QED) is 0.392. The smallest absolute Gasteiger partial charge is 0.264 e. The van der Waals surface area contributed by atoms with E-state index in [2.05, 4.69) is 33.9 Å². The van der Waals surface area contributed by atoms with Gasteiger partial charge in [-0.1, -0.05) is 20.8 Å². The third-order valence-electron chi connectivity index (χ3n) is 5.91. The number of quaternary nitrogens is 1. The van der Waals surface area contributed by atoms with Gasteiger partial charge in [-0.2, -0.15) is 8.42 Å². The molecule has 3 atom stereocenters. The molecule has 0 aliphatic carbocycles. The van der Waals surface area contributed by atoms with Gasteiger partial charge < -0.3 is 14.3 Å². The summed E-state index contributed by atoms with van der Waals surface area (Å²) < 4.78 is 33.9. The van der Waals surface area contributed by atoms with E-state index in [0.717, 1.165) is 6.26 Å².